The van der Waals surface area contributed by atoms with Crippen LogP contribution in [0.15, 0.2) is 125 Å². The highest BCUT2D eigenvalue weighted by molar-refractivity contribution is 5.90. The fourth-order valence-corrected chi connectivity index (χ4v) is 4.95. The Balaban J connectivity index is 0.000000984. The second-order valence-corrected chi connectivity index (χ2v) is 11.8. The van der Waals surface area contributed by atoms with Crippen molar-refractivity contribution >= 4 is 36.3 Å². The molecule has 3 aromatic rings. The molecule has 12 N–H and O–H groups in total. The van der Waals surface area contributed by atoms with Gasteiger partial charge in [0, 0.05) is 102 Å². The van der Waals surface area contributed by atoms with E-state index in [0.29, 0.717) is 43.6 Å². The van der Waals surface area contributed by atoms with Gasteiger partial charge < -0.3 is 48.0 Å². The van der Waals surface area contributed by atoms with Crippen LogP contribution in [0, 0.1) is 0 Å². The van der Waals surface area contributed by atoms with Gasteiger partial charge >= 0.3 is 23.9 Å². The second-order valence-electron chi connectivity index (χ2n) is 11.8. The molecular weight excluding hydrogens is 748 g/mol. The normalized spacial score (nSPS) is 13.9. The molecule has 0 amide bonds. The van der Waals surface area contributed by atoms with Gasteiger partial charge in [-0.1, -0.05) is 91.0 Å². The van der Waals surface area contributed by atoms with Crippen molar-refractivity contribution in [1.82, 2.24) is 20.4 Å². The number of carboxylic acid groups (broad SMARTS) is 4. The Bertz CT molecular complexity index is 1530. The fourth-order valence-electron chi connectivity index (χ4n) is 4.95. The van der Waals surface area contributed by atoms with E-state index in [0.717, 1.165) is 76.6 Å². The lowest BCUT2D eigenvalue weighted by molar-refractivity contribution is -0.134. The molecule has 4 rings (SSSR count). The number of aliphatic carboxylic acids is 4. The van der Waals surface area contributed by atoms with Crippen LogP contribution in [0.3, 0.4) is 0 Å². The number of nitrogens with two attached hydrogens (primary N) is 2. The number of hydrogen-bond donors (Lipinski definition) is 8. The summed E-state index contributed by atoms with van der Waals surface area (Å²) in [6.07, 6.45) is 6.47. The first kappa shape index (κ1) is 52.1. The molecule has 0 aromatic heterocycles. The van der Waals surface area contributed by atoms with Gasteiger partial charge in [0.05, 0.1) is 19.3 Å². The van der Waals surface area contributed by atoms with Crippen molar-refractivity contribution in [2.24, 2.45) is 21.5 Å². The van der Waals surface area contributed by atoms with Gasteiger partial charge in [-0.15, -0.1) is 0 Å². The van der Waals surface area contributed by atoms with Crippen molar-refractivity contribution in [3.8, 4) is 0 Å². The number of hydrogen-bond acceptors (Lipinski definition) is 12. The zero-order valence-electron chi connectivity index (χ0n) is 32.6. The first-order valence-corrected chi connectivity index (χ1v) is 18.3. The minimum Gasteiger partial charge on any atom is -0.478 e. The van der Waals surface area contributed by atoms with Crippen LogP contribution in [0.25, 0.3) is 0 Å². The van der Waals surface area contributed by atoms with E-state index >= 15 is 0 Å². The van der Waals surface area contributed by atoms with Gasteiger partial charge in [0.2, 0.25) is 0 Å². The fraction of sp³-hybridized carbons (Fsp3) is 0.317. The predicted molar refractivity (Wildman–Crippen MR) is 226 cm³/mol. The number of carbonyl (C=O) groups is 4. The molecule has 0 radical (unpaired) electrons. The first-order valence-electron chi connectivity index (χ1n) is 18.3. The number of aliphatic imine (C=N–C) groups is 2. The van der Waals surface area contributed by atoms with E-state index in [1.807, 2.05) is 48.8 Å². The molecule has 17 nitrogen and oxygen atoms in total. The average molecular weight is 807 g/mol. The van der Waals surface area contributed by atoms with Gasteiger partial charge in [-0.25, -0.2) is 19.2 Å². The summed E-state index contributed by atoms with van der Waals surface area (Å²) in [6, 6.07) is 31.4. The lowest BCUT2D eigenvalue weighted by Crippen LogP contribution is -2.33. The topological polar surface area (TPSA) is 288 Å². The molecule has 1 aliphatic rings. The molecule has 1 aliphatic heterocycles. The molecule has 0 atom stereocenters. The minimum atomic E-state index is -1.26. The van der Waals surface area contributed by atoms with E-state index in [4.69, 9.17) is 31.9 Å². The van der Waals surface area contributed by atoms with Crippen LogP contribution in [0.4, 0.5) is 0 Å². The molecule has 58 heavy (non-hydrogen) atoms. The zero-order valence-corrected chi connectivity index (χ0v) is 32.6. The first-order chi connectivity index (χ1) is 27.6. The summed E-state index contributed by atoms with van der Waals surface area (Å²) in [7, 11) is 0. The Morgan fingerprint density at radius 1 is 0.569 bits per heavy atom. The molecule has 1 saturated heterocycles. The van der Waals surface area contributed by atoms with Crippen LogP contribution in [0.2, 0.25) is 0 Å². The van der Waals surface area contributed by atoms with E-state index in [-0.39, 0.29) is 5.48 Å². The van der Waals surface area contributed by atoms with Crippen molar-refractivity contribution in [2.45, 2.75) is 6.17 Å². The van der Waals surface area contributed by atoms with E-state index in [9.17, 15) is 19.2 Å². The van der Waals surface area contributed by atoms with Gasteiger partial charge in [0.1, 0.15) is 0 Å². The average Bonchev–Trinajstić information content (AvgIpc) is 3.62. The third-order valence-corrected chi connectivity index (χ3v) is 7.43. The van der Waals surface area contributed by atoms with Crippen LogP contribution in [0.1, 0.15) is 22.9 Å². The highest BCUT2D eigenvalue weighted by atomic mass is 16.4. The summed E-state index contributed by atoms with van der Waals surface area (Å²) < 4.78 is 0. The van der Waals surface area contributed by atoms with E-state index in [1.54, 1.807) is 0 Å². The van der Waals surface area contributed by atoms with Gasteiger partial charge in [0.25, 0.3) is 0 Å². The van der Waals surface area contributed by atoms with Gasteiger partial charge in [-0.05, 0) is 16.7 Å². The molecule has 0 unspecified atom stereocenters. The maximum Gasteiger partial charge on any atom is 0.328 e. The van der Waals surface area contributed by atoms with Crippen molar-refractivity contribution in [3.63, 3.8) is 0 Å². The van der Waals surface area contributed by atoms with Crippen LogP contribution in [-0.4, -0.2) is 151 Å². The monoisotopic (exact) mass is 806 g/mol. The zero-order chi connectivity index (χ0) is 41.9. The van der Waals surface area contributed by atoms with Gasteiger partial charge in [-0.3, -0.25) is 19.8 Å². The standard InChI is InChI=1S/C27H30N4.C6H18N4.2C4H4O4.H2O/c1-4-10-24(11-5-1)22-28-16-18-30-20-21-31(27(30)26-14-8-3-9-15-26)19-17-29-23-25-12-6-2-7-13-25;7-1-3-9-5-6-10-4-2-8;2*5-3(6)1-2-4(7)8;/h1-15,22-23,27H,16-21H2;9-10H,1-8H2;2*1-2H,(H,5,6)(H,7,8);1H2/b;;2*2-1+;. The Labute approximate surface area is 339 Å². The van der Waals surface area contributed by atoms with E-state index in [2.05, 4.69) is 85.0 Å². The van der Waals surface area contributed by atoms with Crippen molar-refractivity contribution in [3.05, 3.63) is 132 Å². The molecule has 17 heteroatoms. The molecule has 316 valence electrons. The highest BCUT2D eigenvalue weighted by Gasteiger charge is 2.32. The Morgan fingerprint density at radius 2 is 0.897 bits per heavy atom. The van der Waals surface area contributed by atoms with Crippen molar-refractivity contribution in [1.29, 1.82) is 0 Å². The second kappa shape index (κ2) is 34.3. The minimum absolute atomic E-state index is 0. The lowest BCUT2D eigenvalue weighted by Gasteiger charge is -2.30. The van der Waals surface area contributed by atoms with E-state index in [1.165, 1.54) is 5.56 Å². The number of nitrogens with zero attached hydrogens (tertiary/aromatic N) is 4. The number of rotatable bonds is 20. The van der Waals surface area contributed by atoms with Crippen molar-refractivity contribution in [2.75, 3.05) is 78.5 Å². The molecule has 0 spiro atoms. The number of benzene rings is 3. The largest absolute Gasteiger partial charge is 0.478 e. The van der Waals surface area contributed by atoms with Crippen LogP contribution in [0.5, 0.6) is 0 Å². The summed E-state index contributed by atoms with van der Waals surface area (Å²) in [5.41, 5.74) is 14.2. The summed E-state index contributed by atoms with van der Waals surface area (Å²) >= 11 is 0. The quantitative estimate of drug-likeness (QED) is 0.0453. The highest BCUT2D eigenvalue weighted by Crippen LogP contribution is 2.29. The molecule has 0 saturated carbocycles. The Hall–Kier alpha value is -5.92. The van der Waals surface area contributed by atoms with Crippen LogP contribution < -0.4 is 22.1 Å². The lowest BCUT2D eigenvalue weighted by atomic mass is 10.1. The summed E-state index contributed by atoms with van der Waals surface area (Å²) in [5, 5.41) is 37.6. The number of nitrogens with one attached hydrogen (secondary N) is 2. The Kier molecular flexibility index (Phi) is 30.8. The third kappa shape index (κ3) is 27.6. The summed E-state index contributed by atoms with van der Waals surface area (Å²) in [5.74, 6) is -5.03. The summed E-state index contributed by atoms with van der Waals surface area (Å²) in [4.78, 5) is 52.6. The van der Waals surface area contributed by atoms with E-state index < -0.39 is 23.9 Å². The van der Waals surface area contributed by atoms with Crippen molar-refractivity contribution < 1.29 is 45.1 Å². The van der Waals surface area contributed by atoms with Gasteiger partial charge in [0.15, 0.2) is 0 Å². The maximum absolute atomic E-state index is 9.55. The molecule has 3 aromatic carbocycles. The molecular formula is C41H58N8O9. The van der Waals surface area contributed by atoms with Gasteiger partial charge in [-0.2, -0.15) is 0 Å². The third-order valence-electron chi connectivity index (χ3n) is 7.43. The summed E-state index contributed by atoms with van der Waals surface area (Å²) in [6.45, 7) is 10.8. The predicted octanol–water partition coefficient (Wildman–Crippen LogP) is 1.22. The molecule has 1 heterocycles. The number of carboxylic acids is 4. The molecule has 0 bridgehead atoms. The SMILES string of the molecule is C(=NCCN1CCN(CCN=Cc2ccccc2)C1c1ccccc1)c1ccccc1.NCCNCCNCCN.O.O=C(O)/C=C/C(=O)O.O=C(O)/C=C/C(=O)O. The Morgan fingerprint density at radius 3 is 1.21 bits per heavy atom. The van der Waals surface area contributed by atoms with Crippen LogP contribution in [-0.2, 0) is 19.2 Å². The molecule has 1 fully saturated rings. The smallest absolute Gasteiger partial charge is 0.328 e. The van der Waals surface area contributed by atoms with Crippen LogP contribution >= 0.6 is 0 Å². The molecule has 0 aliphatic carbocycles. The maximum atomic E-state index is 9.55.